The Balaban J connectivity index is 1.60. The zero-order valence-corrected chi connectivity index (χ0v) is 12.2. The number of carbonyl (C=O) groups excluding carboxylic acids is 1. The zero-order valence-electron chi connectivity index (χ0n) is 12.2. The molecule has 1 heterocycles. The second-order valence-electron chi connectivity index (χ2n) is 6.22. The number of nitrogens with one attached hydrogen (secondary N) is 2. The maximum absolute atomic E-state index is 12.6. The maximum atomic E-state index is 12.6. The van der Waals surface area contributed by atoms with E-state index in [1.807, 2.05) is 6.07 Å². The van der Waals surface area contributed by atoms with Gasteiger partial charge in [0.1, 0.15) is 0 Å². The van der Waals surface area contributed by atoms with Gasteiger partial charge in [0.2, 0.25) is 5.91 Å². The van der Waals surface area contributed by atoms with Gasteiger partial charge in [-0.25, -0.2) is 0 Å². The van der Waals surface area contributed by atoms with Crippen molar-refractivity contribution in [2.75, 3.05) is 13.1 Å². The molecule has 1 saturated carbocycles. The van der Waals surface area contributed by atoms with Crippen LogP contribution >= 0.6 is 0 Å². The fraction of sp³-hybridized carbons (Fsp3) is 0.588. The molecule has 108 valence electrons. The first-order valence-corrected chi connectivity index (χ1v) is 7.82. The van der Waals surface area contributed by atoms with Crippen LogP contribution in [-0.2, 0) is 4.79 Å². The van der Waals surface area contributed by atoms with E-state index < -0.39 is 0 Å². The molecule has 0 spiro atoms. The van der Waals surface area contributed by atoms with Crippen molar-refractivity contribution in [2.24, 2.45) is 5.41 Å². The molecule has 0 radical (unpaired) electrons. The summed E-state index contributed by atoms with van der Waals surface area (Å²) in [7, 11) is 0. The first kappa shape index (κ1) is 13.6. The van der Waals surface area contributed by atoms with Crippen molar-refractivity contribution in [2.45, 2.75) is 44.6 Å². The molecule has 1 aromatic carbocycles. The van der Waals surface area contributed by atoms with Gasteiger partial charge in [-0.2, -0.15) is 0 Å². The lowest BCUT2D eigenvalue weighted by molar-refractivity contribution is -0.133. The summed E-state index contributed by atoms with van der Waals surface area (Å²) in [6, 6.07) is 10.9. The van der Waals surface area contributed by atoms with Crippen LogP contribution in [0.3, 0.4) is 0 Å². The predicted octanol–water partition coefficient (Wildman–Crippen LogP) is 2.44. The zero-order chi connectivity index (χ0) is 14.0. The lowest BCUT2D eigenvalue weighted by atomic mass is 9.76. The smallest absolute Gasteiger partial charge is 0.226 e. The van der Waals surface area contributed by atoms with Crippen molar-refractivity contribution in [3.05, 3.63) is 35.9 Å². The Morgan fingerprint density at radius 1 is 1.30 bits per heavy atom. The molecule has 0 bridgehead atoms. The number of hydrogen-bond acceptors (Lipinski definition) is 2. The van der Waals surface area contributed by atoms with Crippen LogP contribution in [0, 0.1) is 5.41 Å². The average Bonchev–Trinajstić information content (AvgIpc) is 3.28. The molecular weight excluding hydrogens is 248 g/mol. The van der Waals surface area contributed by atoms with Gasteiger partial charge in [0.15, 0.2) is 0 Å². The minimum atomic E-state index is -0.130. The predicted molar refractivity (Wildman–Crippen MR) is 80.6 cm³/mol. The largest absolute Gasteiger partial charge is 0.352 e. The van der Waals surface area contributed by atoms with E-state index in [1.165, 1.54) is 5.56 Å². The third kappa shape index (κ3) is 2.59. The van der Waals surface area contributed by atoms with Crippen LogP contribution in [0.1, 0.15) is 44.1 Å². The maximum Gasteiger partial charge on any atom is 0.226 e. The van der Waals surface area contributed by atoms with Crippen LogP contribution in [0.25, 0.3) is 0 Å². The highest BCUT2D eigenvalue weighted by Gasteiger charge is 2.44. The fourth-order valence-electron chi connectivity index (χ4n) is 3.39. The molecule has 2 atom stereocenters. The van der Waals surface area contributed by atoms with Crippen molar-refractivity contribution < 1.29 is 4.79 Å². The molecule has 2 N–H and O–H groups in total. The van der Waals surface area contributed by atoms with Crippen LogP contribution in [0.15, 0.2) is 30.3 Å². The van der Waals surface area contributed by atoms with E-state index in [2.05, 4.69) is 41.8 Å². The molecule has 0 aromatic heterocycles. The normalized spacial score (nSPS) is 27.9. The van der Waals surface area contributed by atoms with Gasteiger partial charge in [0.05, 0.1) is 5.41 Å². The number of carbonyl (C=O) groups is 1. The summed E-state index contributed by atoms with van der Waals surface area (Å²) in [5, 5.41) is 6.65. The number of piperidine rings is 1. The molecule has 1 saturated heterocycles. The van der Waals surface area contributed by atoms with Gasteiger partial charge < -0.3 is 10.6 Å². The molecular formula is C17H24N2O. The average molecular weight is 272 g/mol. The van der Waals surface area contributed by atoms with Gasteiger partial charge >= 0.3 is 0 Å². The number of rotatable bonds is 4. The molecule has 3 heteroatoms. The van der Waals surface area contributed by atoms with Crippen molar-refractivity contribution in [3.63, 3.8) is 0 Å². The Hall–Kier alpha value is -1.35. The minimum Gasteiger partial charge on any atom is -0.352 e. The highest BCUT2D eigenvalue weighted by atomic mass is 16.2. The van der Waals surface area contributed by atoms with E-state index in [0.29, 0.717) is 12.0 Å². The summed E-state index contributed by atoms with van der Waals surface area (Å²) in [6.07, 6.45) is 3.98. The monoisotopic (exact) mass is 272 g/mol. The van der Waals surface area contributed by atoms with Crippen molar-refractivity contribution in [3.8, 4) is 0 Å². The quantitative estimate of drug-likeness (QED) is 0.884. The summed E-state index contributed by atoms with van der Waals surface area (Å²) in [4.78, 5) is 12.6. The van der Waals surface area contributed by atoms with E-state index in [1.54, 1.807) is 0 Å². The van der Waals surface area contributed by atoms with Crippen molar-refractivity contribution >= 4 is 5.91 Å². The van der Waals surface area contributed by atoms with Crippen LogP contribution in [0.5, 0.6) is 0 Å². The molecule has 1 aromatic rings. The highest BCUT2D eigenvalue weighted by Crippen LogP contribution is 2.42. The molecule has 3 nitrogen and oxygen atoms in total. The van der Waals surface area contributed by atoms with Crippen LogP contribution < -0.4 is 10.6 Å². The molecule has 1 aliphatic carbocycles. The van der Waals surface area contributed by atoms with E-state index >= 15 is 0 Å². The molecule has 3 rings (SSSR count). The number of amides is 1. The summed E-state index contributed by atoms with van der Waals surface area (Å²) in [5.41, 5.74) is 1.23. The Morgan fingerprint density at radius 3 is 2.65 bits per heavy atom. The topological polar surface area (TPSA) is 41.1 Å². The summed E-state index contributed by atoms with van der Waals surface area (Å²) < 4.78 is 0. The minimum absolute atomic E-state index is 0.130. The Morgan fingerprint density at radius 2 is 2.00 bits per heavy atom. The van der Waals surface area contributed by atoms with Gasteiger partial charge in [-0.1, -0.05) is 37.3 Å². The first-order valence-electron chi connectivity index (χ1n) is 7.82. The SMILES string of the molecule is CCC1(C(=O)NC2CC2c2ccccc2)CCNCC1. The van der Waals surface area contributed by atoms with E-state index in [-0.39, 0.29) is 11.3 Å². The van der Waals surface area contributed by atoms with Gasteiger partial charge in [0.25, 0.3) is 0 Å². The molecule has 1 amide bonds. The number of benzene rings is 1. The van der Waals surface area contributed by atoms with Crippen LogP contribution in [-0.4, -0.2) is 25.0 Å². The van der Waals surface area contributed by atoms with Gasteiger partial charge in [-0.3, -0.25) is 4.79 Å². The molecule has 2 unspecified atom stereocenters. The molecule has 20 heavy (non-hydrogen) atoms. The standard InChI is InChI=1S/C17H24N2O/c1-2-17(8-10-18-11-9-17)16(20)19-15-12-14(15)13-6-4-3-5-7-13/h3-7,14-15,18H,2,8-12H2,1H3,(H,19,20). The summed E-state index contributed by atoms with van der Waals surface area (Å²) in [5.74, 6) is 0.806. The number of hydrogen-bond donors (Lipinski definition) is 2. The molecule has 2 fully saturated rings. The van der Waals surface area contributed by atoms with E-state index in [9.17, 15) is 4.79 Å². The Labute approximate surface area is 121 Å². The third-order valence-electron chi connectivity index (χ3n) is 5.05. The third-order valence-corrected chi connectivity index (χ3v) is 5.05. The lowest BCUT2D eigenvalue weighted by Crippen LogP contribution is -2.48. The Kier molecular flexibility index (Phi) is 3.79. The van der Waals surface area contributed by atoms with Crippen LogP contribution in [0.2, 0.25) is 0 Å². The molecule has 1 aliphatic heterocycles. The van der Waals surface area contributed by atoms with E-state index in [4.69, 9.17) is 0 Å². The second-order valence-corrected chi connectivity index (χ2v) is 6.22. The Bertz CT molecular complexity index is 465. The highest BCUT2D eigenvalue weighted by molar-refractivity contribution is 5.83. The fourth-order valence-corrected chi connectivity index (χ4v) is 3.39. The lowest BCUT2D eigenvalue weighted by Gasteiger charge is -2.35. The molecule has 2 aliphatic rings. The second kappa shape index (κ2) is 5.57. The van der Waals surface area contributed by atoms with Gasteiger partial charge in [-0.05, 0) is 44.3 Å². The first-order chi connectivity index (χ1) is 9.75. The van der Waals surface area contributed by atoms with Gasteiger partial charge in [0, 0.05) is 12.0 Å². The van der Waals surface area contributed by atoms with Crippen molar-refractivity contribution in [1.82, 2.24) is 10.6 Å². The van der Waals surface area contributed by atoms with E-state index in [0.717, 1.165) is 38.8 Å². The van der Waals surface area contributed by atoms with Crippen molar-refractivity contribution in [1.29, 1.82) is 0 Å². The summed E-state index contributed by atoms with van der Waals surface area (Å²) in [6.45, 7) is 4.08. The van der Waals surface area contributed by atoms with Gasteiger partial charge in [-0.15, -0.1) is 0 Å². The summed E-state index contributed by atoms with van der Waals surface area (Å²) >= 11 is 0. The van der Waals surface area contributed by atoms with Crippen LogP contribution in [0.4, 0.5) is 0 Å².